The third-order valence-electron chi connectivity index (χ3n) is 4.68. The molecule has 1 atom stereocenters. The summed E-state index contributed by atoms with van der Waals surface area (Å²) in [4.78, 5) is 0. The number of hydrogen-bond acceptors (Lipinski definition) is 2. The van der Waals surface area contributed by atoms with Crippen molar-refractivity contribution in [1.82, 2.24) is 0 Å². The van der Waals surface area contributed by atoms with Crippen molar-refractivity contribution in [3.8, 4) is 5.75 Å². The molecule has 2 aliphatic carbocycles. The van der Waals surface area contributed by atoms with Gasteiger partial charge in [-0.3, -0.25) is 0 Å². The first-order valence-electron chi connectivity index (χ1n) is 7.75. The summed E-state index contributed by atoms with van der Waals surface area (Å²) in [6, 6.07) is 6.44. The van der Waals surface area contributed by atoms with Crippen molar-refractivity contribution < 1.29 is 9.84 Å². The Morgan fingerprint density at radius 2 is 1.79 bits per heavy atom. The Morgan fingerprint density at radius 1 is 1.05 bits per heavy atom. The average molecular weight is 260 g/mol. The predicted octanol–water partition coefficient (Wildman–Crippen LogP) is 3.50. The molecule has 1 aromatic rings. The number of rotatable bonds is 4. The van der Waals surface area contributed by atoms with Crippen LogP contribution in [-0.4, -0.2) is 17.8 Å². The van der Waals surface area contributed by atoms with Gasteiger partial charge in [0.15, 0.2) is 0 Å². The van der Waals surface area contributed by atoms with Crippen LogP contribution in [0.25, 0.3) is 0 Å². The van der Waals surface area contributed by atoms with Gasteiger partial charge in [-0.1, -0.05) is 18.9 Å². The molecule has 2 nitrogen and oxygen atoms in total. The molecule has 104 valence electrons. The van der Waals surface area contributed by atoms with E-state index in [0.717, 1.165) is 18.6 Å². The Balaban J connectivity index is 1.57. The zero-order valence-electron chi connectivity index (χ0n) is 11.6. The molecular formula is C17H24O2. The van der Waals surface area contributed by atoms with Gasteiger partial charge in [0.2, 0.25) is 0 Å². The maximum Gasteiger partial charge on any atom is 0.119 e. The molecule has 0 amide bonds. The van der Waals surface area contributed by atoms with Crippen LogP contribution >= 0.6 is 0 Å². The van der Waals surface area contributed by atoms with Gasteiger partial charge in [-0.2, -0.15) is 0 Å². The monoisotopic (exact) mass is 260 g/mol. The van der Waals surface area contributed by atoms with Gasteiger partial charge in [0.1, 0.15) is 12.4 Å². The summed E-state index contributed by atoms with van der Waals surface area (Å²) >= 11 is 0. The molecule has 0 saturated heterocycles. The van der Waals surface area contributed by atoms with Crippen LogP contribution < -0.4 is 4.74 Å². The molecule has 1 unspecified atom stereocenters. The summed E-state index contributed by atoms with van der Waals surface area (Å²) in [5.41, 5.74) is 2.93. The van der Waals surface area contributed by atoms with Crippen molar-refractivity contribution in [1.29, 1.82) is 0 Å². The van der Waals surface area contributed by atoms with E-state index < -0.39 is 0 Å². The van der Waals surface area contributed by atoms with Gasteiger partial charge in [0.25, 0.3) is 0 Å². The summed E-state index contributed by atoms with van der Waals surface area (Å²) in [6.07, 6.45) is 9.55. The lowest BCUT2D eigenvalue weighted by atomic mass is 9.92. The summed E-state index contributed by atoms with van der Waals surface area (Å²) < 4.78 is 5.80. The van der Waals surface area contributed by atoms with E-state index in [4.69, 9.17) is 4.74 Å². The van der Waals surface area contributed by atoms with Crippen LogP contribution in [0.4, 0.5) is 0 Å². The molecule has 3 rings (SSSR count). The molecule has 2 heteroatoms. The number of ether oxygens (including phenoxy) is 1. The lowest BCUT2D eigenvalue weighted by Gasteiger charge is -2.20. The van der Waals surface area contributed by atoms with Crippen LogP contribution in [0, 0.1) is 5.92 Å². The highest BCUT2D eigenvalue weighted by Crippen LogP contribution is 2.29. The number of benzene rings is 1. The second-order valence-electron chi connectivity index (χ2n) is 6.06. The highest BCUT2D eigenvalue weighted by atomic mass is 16.5. The summed E-state index contributed by atoms with van der Waals surface area (Å²) in [5, 5.41) is 10.1. The zero-order valence-corrected chi connectivity index (χ0v) is 11.6. The van der Waals surface area contributed by atoms with Crippen molar-refractivity contribution in [2.45, 2.75) is 57.5 Å². The van der Waals surface area contributed by atoms with E-state index in [2.05, 4.69) is 18.2 Å². The molecule has 1 aromatic carbocycles. The normalized spacial score (nSPS) is 21.1. The Kier molecular flexibility index (Phi) is 4.07. The van der Waals surface area contributed by atoms with Gasteiger partial charge in [0, 0.05) is 0 Å². The topological polar surface area (TPSA) is 29.5 Å². The molecular weight excluding hydrogens is 236 g/mol. The molecule has 0 heterocycles. The summed E-state index contributed by atoms with van der Waals surface area (Å²) in [5.74, 6) is 1.38. The average Bonchev–Trinajstić information content (AvgIpc) is 2.99. The third-order valence-corrected chi connectivity index (χ3v) is 4.68. The smallest absolute Gasteiger partial charge is 0.119 e. The zero-order chi connectivity index (χ0) is 13.1. The lowest BCUT2D eigenvalue weighted by molar-refractivity contribution is 0.0593. The number of hydrogen-bond donors (Lipinski definition) is 1. The fourth-order valence-electron chi connectivity index (χ4n) is 3.46. The second-order valence-corrected chi connectivity index (χ2v) is 6.06. The largest absolute Gasteiger partial charge is 0.491 e. The molecule has 0 bridgehead atoms. The van der Waals surface area contributed by atoms with E-state index in [1.54, 1.807) is 0 Å². The lowest BCUT2D eigenvalue weighted by Crippen LogP contribution is -2.25. The van der Waals surface area contributed by atoms with Crippen LogP contribution in [0.5, 0.6) is 5.75 Å². The van der Waals surface area contributed by atoms with Crippen molar-refractivity contribution in [2.75, 3.05) is 6.61 Å². The predicted molar refractivity (Wildman–Crippen MR) is 76.5 cm³/mol. The maximum atomic E-state index is 10.1. The van der Waals surface area contributed by atoms with Gasteiger partial charge >= 0.3 is 0 Å². The first kappa shape index (κ1) is 13.0. The van der Waals surface area contributed by atoms with Crippen molar-refractivity contribution in [2.24, 2.45) is 5.92 Å². The quantitative estimate of drug-likeness (QED) is 0.898. The van der Waals surface area contributed by atoms with Gasteiger partial charge in [-0.05, 0) is 67.7 Å². The molecule has 0 aliphatic heterocycles. The number of fused-ring (bicyclic) bond motifs is 1. The second kappa shape index (κ2) is 5.96. The van der Waals surface area contributed by atoms with E-state index >= 15 is 0 Å². The highest BCUT2D eigenvalue weighted by molar-refractivity contribution is 5.37. The van der Waals surface area contributed by atoms with Gasteiger partial charge in [0.05, 0.1) is 6.10 Å². The van der Waals surface area contributed by atoms with Crippen molar-refractivity contribution in [3.63, 3.8) is 0 Å². The maximum absolute atomic E-state index is 10.1. The fourth-order valence-corrected chi connectivity index (χ4v) is 3.46. The first-order valence-corrected chi connectivity index (χ1v) is 7.75. The Bertz CT molecular complexity index is 421. The summed E-state index contributed by atoms with van der Waals surface area (Å²) in [6.45, 7) is 0.448. The third kappa shape index (κ3) is 3.11. The fraction of sp³-hybridized carbons (Fsp3) is 0.647. The van der Waals surface area contributed by atoms with Gasteiger partial charge < -0.3 is 9.84 Å². The SMILES string of the molecule is OC(COc1ccc2c(c1)CCCC2)C1CCCC1. The van der Waals surface area contributed by atoms with Gasteiger partial charge in [-0.25, -0.2) is 0 Å². The Hall–Kier alpha value is -1.02. The number of aliphatic hydroxyl groups excluding tert-OH is 1. The van der Waals surface area contributed by atoms with E-state index in [1.807, 2.05) is 0 Å². The molecule has 1 N–H and O–H groups in total. The van der Waals surface area contributed by atoms with E-state index in [1.165, 1.54) is 49.7 Å². The van der Waals surface area contributed by atoms with Crippen molar-refractivity contribution >= 4 is 0 Å². The summed E-state index contributed by atoms with van der Waals surface area (Å²) in [7, 11) is 0. The minimum atomic E-state index is -0.293. The molecule has 0 spiro atoms. The van der Waals surface area contributed by atoms with Crippen molar-refractivity contribution in [3.05, 3.63) is 29.3 Å². The van der Waals surface area contributed by atoms with E-state index in [0.29, 0.717) is 12.5 Å². The number of aryl methyl sites for hydroxylation is 2. The first-order chi connectivity index (χ1) is 9.33. The van der Waals surface area contributed by atoms with E-state index in [-0.39, 0.29) is 6.10 Å². The van der Waals surface area contributed by atoms with Crippen LogP contribution in [0.2, 0.25) is 0 Å². The molecule has 2 aliphatic rings. The minimum absolute atomic E-state index is 0.293. The molecule has 1 saturated carbocycles. The molecule has 0 radical (unpaired) electrons. The highest BCUT2D eigenvalue weighted by Gasteiger charge is 2.23. The molecule has 19 heavy (non-hydrogen) atoms. The Labute approximate surface area is 115 Å². The number of aliphatic hydroxyl groups is 1. The standard InChI is InChI=1S/C17H24O2/c18-17(14-6-2-3-7-14)12-19-16-10-9-13-5-1-4-8-15(13)11-16/h9-11,14,17-18H,1-8,12H2. The van der Waals surface area contributed by atoms with Crippen LogP contribution in [0.3, 0.4) is 0 Å². The Morgan fingerprint density at radius 3 is 2.58 bits per heavy atom. The van der Waals surface area contributed by atoms with Gasteiger partial charge in [-0.15, -0.1) is 0 Å². The van der Waals surface area contributed by atoms with Crippen LogP contribution in [-0.2, 0) is 12.8 Å². The molecule has 1 fully saturated rings. The van der Waals surface area contributed by atoms with E-state index in [9.17, 15) is 5.11 Å². The van der Waals surface area contributed by atoms with Crippen LogP contribution in [0.1, 0.15) is 49.7 Å². The minimum Gasteiger partial charge on any atom is -0.491 e. The molecule has 0 aromatic heterocycles. The van der Waals surface area contributed by atoms with Crippen LogP contribution in [0.15, 0.2) is 18.2 Å².